The van der Waals surface area contributed by atoms with E-state index < -0.39 is 5.41 Å². The maximum absolute atomic E-state index is 12.3. The zero-order chi connectivity index (χ0) is 20.5. The van der Waals surface area contributed by atoms with E-state index in [1.54, 1.807) is 7.11 Å². The molecule has 0 aliphatic heterocycles. The van der Waals surface area contributed by atoms with E-state index in [2.05, 4.69) is 63.8 Å². The fraction of sp³-hybridized carbons (Fsp3) is 0.348. The quantitative estimate of drug-likeness (QED) is 0.471. The summed E-state index contributed by atoms with van der Waals surface area (Å²) >= 11 is 3.49. The molecule has 0 bridgehead atoms. The number of carbonyl (C=O) groups is 1. The van der Waals surface area contributed by atoms with Gasteiger partial charge >= 0.3 is 5.97 Å². The Balaban J connectivity index is 2.12. The monoisotopic (exact) mass is 443 g/mol. The second-order valence-electron chi connectivity index (χ2n) is 7.71. The molecule has 5 heteroatoms. The van der Waals surface area contributed by atoms with Gasteiger partial charge in [-0.2, -0.15) is 0 Å². The largest absolute Gasteiger partial charge is 0.497 e. The van der Waals surface area contributed by atoms with Gasteiger partial charge < -0.3 is 14.0 Å². The molecule has 3 aromatic rings. The Hall–Kier alpha value is -2.27. The first-order chi connectivity index (χ1) is 13.3. The van der Waals surface area contributed by atoms with Gasteiger partial charge in [0.1, 0.15) is 5.75 Å². The van der Waals surface area contributed by atoms with Crippen LogP contribution in [-0.2, 0) is 22.5 Å². The van der Waals surface area contributed by atoms with Crippen LogP contribution >= 0.6 is 15.9 Å². The first-order valence-corrected chi connectivity index (χ1v) is 10.0. The summed E-state index contributed by atoms with van der Waals surface area (Å²) in [4.78, 5) is 12.3. The van der Waals surface area contributed by atoms with Crippen LogP contribution in [0.3, 0.4) is 0 Å². The van der Waals surface area contributed by atoms with E-state index >= 15 is 0 Å². The molecular formula is C23H26BrNO3. The number of ether oxygens (including phenoxy) is 2. The summed E-state index contributed by atoms with van der Waals surface area (Å²) in [6, 6.07) is 14.5. The lowest BCUT2D eigenvalue weighted by molar-refractivity contribution is -0.150. The molecule has 0 saturated carbocycles. The Labute approximate surface area is 174 Å². The molecule has 0 amide bonds. The number of nitrogens with zero attached hydrogens (tertiary/aromatic N) is 1. The van der Waals surface area contributed by atoms with Crippen LogP contribution in [0.2, 0.25) is 0 Å². The molecule has 148 valence electrons. The van der Waals surface area contributed by atoms with Crippen LogP contribution in [0, 0.1) is 12.3 Å². The molecule has 0 saturated heterocycles. The third kappa shape index (κ3) is 3.95. The third-order valence-corrected chi connectivity index (χ3v) is 5.80. The second kappa shape index (κ2) is 8.00. The van der Waals surface area contributed by atoms with Crippen molar-refractivity contribution in [3.8, 4) is 5.75 Å². The Bertz CT molecular complexity index is 1000. The van der Waals surface area contributed by atoms with E-state index in [9.17, 15) is 4.79 Å². The first kappa shape index (κ1) is 20.5. The second-order valence-corrected chi connectivity index (χ2v) is 8.63. The fourth-order valence-corrected chi connectivity index (χ4v) is 3.91. The smallest absolute Gasteiger partial charge is 0.311 e. The topological polar surface area (TPSA) is 40.5 Å². The van der Waals surface area contributed by atoms with Crippen molar-refractivity contribution < 1.29 is 14.3 Å². The molecule has 3 rings (SSSR count). The maximum atomic E-state index is 12.3. The van der Waals surface area contributed by atoms with Crippen LogP contribution in [0.25, 0.3) is 10.9 Å². The summed E-state index contributed by atoms with van der Waals surface area (Å²) in [5.74, 6) is 0.606. The molecule has 0 N–H and O–H groups in total. The molecule has 4 nitrogen and oxygen atoms in total. The van der Waals surface area contributed by atoms with Crippen LogP contribution in [0.1, 0.15) is 30.7 Å². The average molecular weight is 444 g/mol. The molecule has 2 aromatic carbocycles. The van der Waals surface area contributed by atoms with Gasteiger partial charge in [-0.1, -0.05) is 28.1 Å². The minimum Gasteiger partial charge on any atom is -0.497 e. The first-order valence-electron chi connectivity index (χ1n) is 9.25. The Kier molecular flexibility index (Phi) is 5.84. The van der Waals surface area contributed by atoms with Crippen molar-refractivity contribution in [1.82, 2.24) is 4.57 Å². The number of methoxy groups -OCH3 is 2. The average Bonchev–Trinajstić information content (AvgIpc) is 2.93. The summed E-state index contributed by atoms with van der Waals surface area (Å²) in [5, 5.41) is 1.12. The molecule has 0 aliphatic carbocycles. The summed E-state index contributed by atoms with van der Waals surface area (Å²) in [6.45, 7) is 6.74. The van der Waals surface area contributed by atoms with Crippen molar-refractivity contribution in [1.29, 1.82) is 0 Å². The normalized spacial score (nSPS) is 11.6. The van der Waals surface area contributed by atoms with Gasteiger partial charge in [0.2, 0.25) is 0 Å². The van der Waals surface area contributed by atoms with Gasteiger partial charge in [0.25, 0.3) is 0 Å². The highest BCUT2D eigenvalue weighted by atomic mass is 79.9. The zero-order valence-corrected chi connectivity index (χ0v) is 18.6. The number of benzene rings is 2. The Morgan fingerprint density at radius 3 is 2.39 bits per heavy atom. The van der Waals surface area contributed by atoms with Gasteiger partial charge in [0.15, 0.2) is 0 Å². The Morgan fingerprint density at radius 1 is 1.11 bits per heavy atom. The van der Waals surface area contributed by atoms with Crippen molar-refractivity contribution in [3.05, 3.63) is 63.8 Å². The van der Waals surface area contributed by atoms with Crippen LogP contribution in [0.5, 0.6) is 5.75 Å². The van der Waals surface area contributed by atoms with Crippen LogP contribution in [0.15, 0.2) is 46.9 Å². The summed E-state index contributed by atoms with van der Waals surface area (Å²) in [6.07, 6.45) is 0.600. The molecule has 0 unspecified atom stereocenters. The number of carbonyl (C=O) groups excluding carboxylic acids is 1. The standard InChI is InChI=1S/C23H26BrNO3/c1-15-20(13-23(2,3)22(26)28-5)19-12-18(27-4)10-11-21(19)25(15)14-16-6-8-17(24)9-7-16/h6-12H,13-14H2,1-5H3. The van der Waals surface area contributed by atoms with Gasteiger partial charge in [-0.05, 0) is 68.7 Å². The predicted octanol–water partition coefficient (Wildman–Crippen LogP) is 5.51. The van der Waals surface area contributed by atoms with Crippen LogP contribution in [0.4, 0.5) is 0 Å². The van der Waals surface area contributed by atoms with E-state index in [-0.39, 0.29) is 5.97 Å². The number of esters is 1. The number of hydrogen-bond donors (Lipinski definition) is 0. The third-order valence-electron chi connectivity index (χ3n) is 5.27. The van der Waals surface area contributed by atoms with Crippen molar-refractivity contribution in [2.24, 2.45) is 5.41 Å². The summed E-state index contributed by atoms with van der Waals surface area (Å²) in [7, 11) is 3.11. The number of hydrogen-bond acceptors (Lipinski definition) is 3. The highest BCUT2D eigenvalue weighted by Crippen LogP contribution is 2.35. The van der Waals surface area contributed by atoms with Crippen molar-refractivity contribution in [2.45, 2.75) is 33.7 Å². The predicted molar refractivity (Wildman–Crippen MR) is 116 cm³/mol. The van der Waals surface area contributed by atoms with E-state index in [0.29, 0.717) is 6.42 Å². The maximum Gasteiger partial charge on any atom is 0.311 e. The fourth-order valence-electron chi connectivity index (χ4n) is 3.65. The van der Waals surface area contributed by atoms with Gasteiger partial charge in [0, 0.05) is 27.6 Å². The molecule has 0 atom stereocenters. The lowest BCUT2D eigenvalue weighted by Gasteiger charge is -2.21. The molecule has 1 heterocycles. The van der Waals surface area contributed by atoms with Gasteiger partial charge in [-0.15, -0.1) is 0 Å². The number of aromatic nitrogens is 1. The number of rotatable bonds is 6. The molecular weight excluding hydrogens is 418 g/mol. The minimum atomic E-state index is -0.612. The van der Waals surface area contributed by atoms with Crippen molar-refractivity contribution in [3.63, 3.8) is 0 Å². The number of halogens is 1. The van der Waals surface area contributed by atoms with Crippen LogP contribution < -0.4 is 4.74 Å². The van der Waals surface area contributed by atoms with E-state index in [1.807, 2.05) is 19.9 Å². The summed E-state index contributed by atoms with van der Waals surface area (Å²) < 4.78 is 13.8. The van der Waals surface area contributed by atoms with Gasteiger partial charge in [-0.3, -0.25) is 4.79 Å². The number of fused-ring (bicyclic) bond motifs is 1. The highest BCUT2D eigenvalue weighted by molar-refractivity contribution is 9.10. The van der Waals surface area contributed by atoms with E-state index in [0.717, 1.165) is 38.9 Å². The molecule has 0 aliphatic rings. The van der Waals surface area contributed by atoms with E-state index in [1.165, 1.54) is 12.7 Å². The van der Waals surface area contributed by atoms with E-state index in [4.69, 9.17) is 9.47 Å². The molecule has 0 radical (unpaired) electrons. The molecule has 1 aromatic heterocycles. The SMILES string of the molecule is COC(=O)C(C)(C)Cc1c(C)n(Cc2ccc(Br)cc2)c2ccc(OC)cc12. The summed E-state index contributed by atoms with van der Waals surface area (Å²) in [5.41, 5.74) is 4.05. The van der Waals surface area contributed by atoms with Crippen LogP contribution in [-0.4, -0.2) is 24.8 Å². The molecule has 28 heavy (non-hydrogen) atoms. The molecule has 0 spiro atoms. The highest BCUT2D eigenvalue weighted by Gasteiger charge is 2.31. The van der Waals surface area contributed by atoms with Gasteiger partial charge in [0.05, 0.1) is 19.6 Å². The van der Waals surface area contributed by atoms with Crippen molar-refractivity contribution >= 4 is 32.8 Å². The lowest BCUT2D eigenvalue weighted by atomic mass is 9.85. The van der Waals surface area contributed by atoms with Crippen molar-refractivity contribution in [2.75, 3.05) is 14.2 Å². The Morgan fingerprint density at radius 2 is 1.79 bits per heavy atom. The van der Waals surface area contributed by atoms with Gasteiger partial charge in [-0.25, -0.2) is 0 Å². The lowest BCUT2D eigenvalue weighted by Crippen LogP contribution is -2.28. The zero-order valence-electron chi connectivity index (χ0n) is 17.0. The minimum absolute atomic E-state index is 0.205. The molecule has 0 fully saturated rings.